The summed E-state index contributed by atoms with van der Waals surface area (Å²) in [5.41, 5.74) is 7.46. The first kappa shape index (κ1) is 12.2. The summed E-state index contributed by atoms with van der Waals surface area (Å²) in [7, 11) is 1.59. The second kappa shape index (κ2) is 4.91. The van der Waals surface area contributed by atoms with Crippen molar-refractivity contribution in [2.45, 2.75) is 13.5 Å². The highest BCUT2D eigenvalue weighted by Gasteiger charge is 2.12. The number of aryl methyl sites for hydroxylation is 1. The molecule has 1 amide bonds. The fourth-order valence-electron chi connectivity index (χ4n) is 1.87. The average Bonchev–Trinajstić information content (AvgIpc) is 2.85. The average molecular weight is 245 g/mol. The van der Waals surface area contributed by atoms with E-state index in [-0.39, 0.29) is 0 Å². The lowest BCUT2D eigenvalue weighted by atomic mass is 10.1. The zero-order chi connectivity index (χ0) is 13.1. The molecule has 18 heavy (non-hydrogen) atoms. The van der Waals surface area contributed by atoms with Gasteiger partial charge in [-0.25, -0.2) is 0 Å². The van der Waals surface area contributed by atoms with Gasteiger partial charge in [0.1, 0.15) is 5.75 Å². The number of aromatic nitrogens is 2. The smallest absolute Gasteiger partial charge is 0.248 e. The highest BCUT2D eigenvalue weighted by atomic mass is 16.5. The lowest BCUT2D eigenvalue weighted by molar-refractivity contribution is 0.100. The Hall–Kier alpha value is -2.30. The van der Waals surface area contributed by atoms with Gasteiger partial charge in [-0.1, -0.05) is 0 Å². The summed E-state index contributed by atoms with van der Waals surface area (Å²) < 4.78 is 7.15. The molecule has 2 aromatic rings. The van der Waals surface area contributed by atoms with Gasteiger partial charge in [-0.2, -0.15) is 5.10 Å². The Morgan fingerprint density at radius 1 is 1.44 bits per heavy atom. The van der Waals surface area contributed by atoms with Crippen molar-refractivity contribution in [3.05, 3.63) is 36.0 Å². The van der Waals surface area contributed by atoms with Crippen molar-refractivity contribution < 1.29 is 9.53 Å². The van der Waals surface area contributed by atoms with Gasteiger partial charge in [0.15, 0.2) is 0 Å². The van der Waals surface area contributed by atoms with Crippen molar-refractivity contribution in [1.29, 1.82) is 0 Å². The predicted octanol–water partition coefficient (Wildman–Crippen LogP) is 1.68. The van der Waals surface area contributed by atoms with Crippen LogP contribution >= 0.6 is 0 Å². The molecule has 0 aliphatic heterocycles. The van der Waals surface area contributed by atoms with Crippen LogP contribution in [-0.2, 0) is 6.54 Å². The van der Waals surface area contributed by atoms with Crippen LogP contribution in [0.25, 0.3) is 11.3 Å². The van der Waals surface area contributed by atoms with E-state index in [2.05, 4.69) is 5.10 Å². The highest BCUT2D eigenvalue weighted by molar-refractivity contribution is 5.94. The molecular formula is C13H15N3O2. The van der Waals surface area contributed by atoms with E-state index in [1.807, 2.05) is 17.7 Å². The second-order valence-corrected chi connectivity index (χ2v) is 3.81. The maximum atomic E-state index is 11.2. The molecule has 0 atom stereocenters. The molecule has 0 saturated carbocycles. The third-order valence-electron chi connectivity index (χ3n) is 2.78. The quantitative estimate of drug-likeness (QED) is 0.890. The Morgan fingerprint density at radius 3 is 2.83 bits per heavy atom. The number of hydrogen-bond acceptors (Lipinski definition) is 3. The summed E-state index contributed by atoms with van der Waals surface area (Å²) in [5, 5.41) is 4.21. The number of hydrogen-bond donors (Lipinski definition) is 1. The van der Waals surface area contributed by atoms with Crippen molar-refractivity contribution in [2.24, 2.45) is 5.73 Å². The number of ether oxygens (including phenoxy) is 1. The summed E-state index contributed by atoms with van der Waals surface area (Å²) in [6.45, 7) is 2.74. The third-order valence-corrected chi connectivity index (χ3v) is 2.78. The zero-order valence-corrected chi connectivity index (χ0v) is 10.4. The van der Waals surface area contributed by atoms with Gasteiger partial charge in [-0.05, 0) is 31.2 Å². The topological polar surface area (TPSA) is 70.1 Å². The Balaban J connectivity index is 2.60. The van der Waals surface area contributed by atoms with E-state index in [0.717, 1.165) is 17.8 Å². The molecule has 2 N–H and O–H groups in total. The van der Waals surface area contributed by atoms with Crippen LogP contribution in [0.2, 0.25) is 0 Å². The molecule has 1 aromatic heterocycles. The minimum Gasteiger partial charge on any atom is -0.496 e. The Kier molecular flexibility index (Phi) is 3.32. The van der Waals surface area contributed by atoms with Gasteiger partial charge in [-0.3, -0.25) is 9.48 Å². The molecular weight excluding hydrogens is 230 g/mol. The lowest BCUT2D eigenvalue weighted by Gasteiger charge is -2.11. The number of methoxy groups -OCH3 is 1. The number of rotatable bonds is 4. The summed E-state index contributed by atoms with van der Waals surface area (Å²) >= 11 is 0. The van der Waals surface area contributed by atoms with Gasteiger partial charge >= 0.3 is 0 Å². The van der Waals surface area contributed by atoms with Crippen LogP contribution in [0.15, 0.2) is 30.5 Å². The molecule has 0 radical (unpaired) electrons. The zero-order valence-electron chi connectivity index (χ0n) is 10.4. The molecule has 0 spiro atoms. The van der Waals surface area contributed by atoms with Crippen molar-refractivity contribution in [3.63, 3.8) is 0 Å². The molecule has 0 aliphatic rings. The molecule has 0 saturated heterocycles. The summed E-state index contributed by atoms with van der Waals surface area (Å²) in [6, 6.07) is 7.00. The molecule has 0 fully saturated rings. The van der Waals surface area contributed by atoms with Crippen molar-refractivity contribution in [2.75, 3.05) is 7.11 Å². The number of nitrogens with two attached hydrogens (primary N) is 1. The standard InChI is InChI=1S/C13H15N3O2/c1-3-16-11(6-7-15-16)10-8-9(13(14)17)4-5-12(10)18-2/h4-8H,3H2,1-2H3,(H2,14,17). The van der Waals surface area contributed by atoms with Crippen molar-refractivity contribution in [3.8, 4) is 17.0 Å². The number of benzene rings is 1. The minimum atomic E-state index is -0.457. The number of amides is 1. The van der Waals surface area contributed by atoms with Crippen LogP contribution in [-0.4, -0.2) is 22.8 Å². The van der Waals surface area contributed by atoms with E-state index in [4.69, 9.17) is 10.5 Å². The fourth-order valence-corrected chi connectivity index (χ4v) is 1.87. The molecule has 94 valence electrons. The Labute approximate surface area is 105 Å². The van der Waals surface area contributed by atoms with Gasteiger partial charge in [-0.15, -0.1) is 0 Å². The molecule has 5 heteroatoms. The molecule has 0 aliphatic carbocycles. The van der Waals surface area contributed by atoms with Gasteiger partial charge in [0.25, 0.3) is 0 Å². The first-order valence-corrected chi connectivity index (χ1v) is 5.67. The number of nitrogens with zero attached hydrogens (tertiary/aromatic N) is 2. The van der Waals surface area contributed by atoms with Crippen LogP contribution in [0.4, 0.5) is 0 Å². The van der Waals surface area contributed by atoms with Gasteiger partial charge in [0, 0.05) is 23.9 Å². The first-order valence-electron chi connectivity index (χ1n) is 5.67. The fraction of sp³-hybridized carbons (Fsp3) is 0.231. The second-order valence-electron chi connectivity index (χ2n) is 3.81. The van der Waals surface area contributed by atoms with E-state index in [0.29, 0.717) is 11.3 Å². The van der Waals surface area contributed by atoms with E-state index >= 15 is 0 Å². The van der Waals surface area contributed by atoms with Crippen LogP contribution in [0.5, 0.6) is 5.75 Å². The van der Waals surface area contributed by atoms with Crippen LogP contribution in [0.1, 0.15) is 17.3 Å². The maximum Gasteiger partial charge on any atom is 0.248 e. The maximum absolute atomic E-state index is 11.2. The molecule has 1 aromatic carbocycles. The minimum absolute atomic E-state index is 0.453. The Bertz CT molecular complexity index is 575. The first-order chi connectivity index (χ1) is 8.67. The molecule has 2 rings (SSSR count). The third kappa shape index (κ3) is 2.07. The van der Waals surface area contributed by atoms with E-state index in [1.54, 1.807) is 31.5 Å². The number of carbonyl (C=O) groups excluding carboxylic acids is 1. The van der Waals surface area contributed by atoms with E-state index < -0.39 is 5.91 Å². The van der Waals surface area contributed by atoms with E-state index in [9.17, 15) is 4.79 Å². The van der Waals surface area contributed by atoms with E-state index in [1.165, 1.54) is 0 Å². The van der Waals surface area contributed by atoms with Gasteiger partial charge in [0.2, 0.25) is 5.91 Å². The van der Waals surface area contributed by atoms with Crippen molar-refractivity contribution in [1.82, 2.24) is 9.78 Å². The van der Waals surface area contributed by atoms with Crippen LogP contribution in [0, 0.1) is 0 Å². The number of carbonyl (C=O) groups is 1. The SMILES string of the molecule is CCn1nccc1-c1cc(C(N)=O)ccc1OC. The molecule has 1 heterocycles. The predicted molar refractivity (Wildman–Crippen MR) is 68.4 cm³/mol. The Morgan fingerprint density at radius 2 is 2.22 bits per heavy atom. The van der Waals surface area contributed by atoms with Crippen LogP contribution < -0.4 is 10.5 Å². The monoisotopic (exact) mass is 245 g/mol. The largest absolute Gasteiger partial charge is 0.496 e. The lowest BCUT2D eigenvalue weighted by Crippen LogP contribution is -2.11. The van der Waals surface area contributed by atoms with Gasteiger partial charge < -0.3 is 10.5 Å². The summed E-state index contributed by atoms with van der Waals surface area (Å²) in [4.78, 5) is 11.2. The summed E-state index contributed by atoms with van der Waals surface area (Å²) in [6.07, 6.45) is 1.72. The molecule has 0 bridgehead atoms. The van der Waals surface area contributed by atoms with Gasteiger partial charge in [0.05, 0.1) is 12.8 Å². The summed E-state index contributed by atoms with van der Waals surface area (Å²) in [5.74, 6) is 0.233. The normalized spacial score (nSPS) is 10.3. The van der Waals surface area contributed by atoms with Crippen LogP contribution in [0.3, 0.4) is 0 Å². The number of primary amides is 1. The molecule has 0 unspecified atom stereocenters. The highest BCUT2D eigenvalue weighted by Crippen LogP contribution is 2.30. The van der Waals surface area contributed by atoms with Crippen molar-refractivity contribution >= 4 is 5.91 Å². The molecule has 5 nitrogen and oxygen atoms in total.